The molecule has 2 aromatic rings. The number of hydrogen-bond acceptors (Lipinski definition) is 6. The summed E-state index contributed by atoms with van der Waals surface area (Å²) < 4.78 is 68.4. The predicted molar refractivity (Wildman–Crippen MR) is 100 cm³/mol. The molecule has 2 N–H and O–H groups in total. The lowest BCUT2D eigenvalue weighted by atomic mass is 10.2. The SMILES string of the molecule is Cc1ccc(S(=O)(=O)NCC(=O)OCC(=O)Nc2ncc(C(F)(F)F)cc2Cl)cc1. The first-order chi connectivity index (χ1) is 13.9. The molecule has 30 heavy (non-hydrogen) atoms. The molecule has 162 valence electrons. The molecule has 0 saturated carbocycles. The molecule has 0 spiro atoms. The summed E-state index contributed by atoms with van der Waals surface area (Å²) in [6.07, 6.45) is -4.17. The van der Waals surface area contributed by atoms with Crippen LogP contribution in [0.5, 0.6) is 0 Å². The Morgan fingerprint density at radius 2 is 1.83 bits per heavy atom. The van der Waals surface area contributed by atoms with Gasteiger partial charge in [0.25, 0.3) is 5.91 Å². The molecule has 0 saturated heterocycles. The summed E-state index contributed by atoms with van der Waals surface area (Å²) in [7, 11) is -3.95. The van der Waals surface area contributed by atoms with E-state index < -0.39 is 51.8 Å². The Balaban J connectivity index is 1.85. The van der Waals surface area contributed by atoms with E-state index in [0.717, 1.165) is 5.56 Å². The number of alkyl halides is 3. The molecule has 0 fully saturated rings. The number of carbonyl (C=O) groups is 2. The molecule has 0 aliphatic heterocycles. The lowest BCUT2D eigenvalue weighted by Crippen LogP contribution is -2.32. The molecule has 1 aromatic heterocycles. The molecule has 1 amide bonds. The van der Waals surface area contributed by atoms with Gasteiger partial charge in [-0.3, -0.25) is 9.59 Å². The number of halogens is 4. The van der Waals surface area contributed by atoms with Crippen molar-refractivity contribution in [2.75, 3.05) is 18.5 Å². The third-order valence-electron chi connectivity index (χ3n) is 3.53. The van der Waals surface area contributed by atoms with Crippen LogP contribution in [-0.4, -0.2) is 38.4 Å². The van der Waals surface area contributed by atoms with Crippen molar-refractivity contribution in [1.82, 2.24) is 9.71 Å². The van der Waals surface area contributed by atoms with E-state index in [1.165, 1.54) is 12.1 Å². The van der Waals surface area contributed by atoms with Gasteiger partial charge in [-0.25, -0.2) is 13.4 Å². The van der Waals surface area contributed by atoms with E-state index in [1.54, 1.807) is 19.1 Å². The number of esters is 1. The number of aromatic nitrogens is 1. The average Bonchev–Trinajstić information content (AvgIpc) is 2.66. The zero-order chi connectivity index (χ0) is 22.5. The number of nitrogens with one attached hydrogen (secondary N) is 2. The zero-order valence-electron chi connectivity index (χ0n) is 15.3. The first-order valence-electron chi connectivity index (χ1n) is 8.13. The number of rotatable bonds is 7. The average molecular weight is 466 g/mol. The second kappa shape index (κ2) is 9.41. The number of benzene rings is 1. The molecule has 2 rings (SSSR count). The van der Waals surface area contributed by atoms with Gasteiger partial charge in [-0.05, 0) is 25.1 Å². The standard InChI is InChI=1S/C17H15ClF3N3O5S/c1-10-2-4-12(5-3-10)30(27,28)23-8-15(26)29-9-14(25)24-16-13(18)6-11(7-22-16)17(19,20)21/h2-7,23H,8-9H2,1H3,(H,22,24,25). The maximum atomic E-state index is 12.6. The fourth-order valence-corrected chi connectivity index (χ4v) is 3.19. The van der Waals surface area contributed by atoms with Crippen LogP contribution in [0.15, 0.2) is 41.4 Å². The Morgan fingerprint density at radius 3 is 2.40 bits per heavy atom. The van der Waals surface area contributed by atoms with Crippen LogP contribution in [0.1, 0.15) is 11.1 Å². The molecule has 0 bridgehead atoms. The molecule has 0 aliphatic rings. The third-order valence-corrected chi connectivity index (χ3v) is 5.23. The van der Waals surface area contributed by atoms with Crippen LogP contribution in [0.2, 0.25) is 5.02 Å². The number of sulfonamides is 1. The van der Waals surface area contributed by atoms with Gasteiger partial charge in [0, 0.05) is 6.20 Å². The van der Waals surface area contributed by atoms with Gasteiger partial charge < -0.3 is 10.1 Å². The van der Waals surface area contributed by atoms with Crippen LogP contribution in [0.25, 0.3) is 0 Å². The number of anilines is 1. The summed E-state index contributed by atoms with van der Waals surface area (Å²) in [6.45, 7) is 0.215. The minimum Gasteiger partial charge on any atom is -0.455 e. The van der Waals surface area contributed by atoms with E-state index in [-0.39, 0.29) is 10.7 Å². The Bertz CT molecular complexity index is 1040. The van der Waals surface area contributed by atoms with Crippen LogP contribution >= 0.6 is 11.6 Å². The van der Waals surface area contributed by atoms with Gasteiger partial charge >= 0.3 is 12.1 Å². The van der Waals surface area contributed by atoms with Gasteiger partial charge in [0.2, 0.25) is 10.0 Å². The van der Waals surface area contributed by atoms with Crippen molar-refractivity contribution in [3.05, 3.63) is 52.7 Å². The fourth-order valence-electron chi connectivity index (χ4n) is 2.00. The number of amides is 1. The first kappa shape index (κ1) is 23.6. The summed E-state index contributed by atoms with van der Waals surface area (Å²) in [5.74, 6) is -2.34. The largest absolute Gasteiger partial charge is 0.455 e. The topological polar surface area (TPSA) is 114 Å². The first-order valence-corrected chi connectivity index (χ1v) is 9.99. The van der Waals surface area contributed by atoms with E-state index in [2.05, 4.69) is 15.0 Å². The highest BCUT2D eigenvalue weighted by atomic mass is 35.5. The number of nitrogens with zero attached hydrogens (tertiary/aromatic N) is 1. The lowest BCUT2D eigenvalue weighted by Gasteiger charge is -2.10. The quantitative estimate of drug-likeness (QED) is 0.607. The van der Waals surface area contributed by atoms with Crippen molar-refractivity contribution in [1.29, 1.82) is 0 Å². The van der Waals surface area contributed by atoms with Crippen molar-refractivity contribution in [3.63, 3.8) is 0 Å². The van der Waals surface area contributed by atoms with E-state index >= 15 is 0 Å². The van der Waals surface area contributed by atoms with Gasteiger partial charge in [-0.1, -0.05) is 29.3 Å². The summed E-state index contributed by atoms with van der Waals surface area (Å²) in [5, 5.41) is 1.62. The predicted octanol–water partition coefficient (Wildman–Crippen LogP) is 2.52. The van der Waals surface area contributed by atoms with Gasteiger partial charge in [-0.15, -0.1) is 0 Å². The highest BCUT2D eigenvalue weighted by Crippen LogP contribution is 2.32. The summed E-state index contributed by atoms with van der Waals surface area (Å²) in [4.78, 5) is 26.8. The Hall–Kier alpha value is -2.70. The van der Waals surface area contributed by atoms with Crippen molar-refractivity contribution in [2.24, 2.45) is 0 Å². The molecule has 8 nitrogen and oxygen atoms in total. The Labute approximate surface area is 174 Å². The van der Waals surface area contributed by atoms with Crippen molar-refractivity contribution in [2.45, 2.75) is 18.0 Å². The van der Waals surface area contributed by atoms with Crippen LogP contribution in [0, 0.1) is 6.92 Å². The van der Waals surface area contributed by atoms with Crippen molar-refractivity contribution >= 4 is 39.3 Å². The number of ether oxygens (including phenoxy) is 1. The van der Waals surface area contributed by atoms with E-state index in [1.807, 2.05) is 4.72 Å². The molecule has 0 radical (unpaired) electrons. The summed E-state index contributed by atoms with van der Waals surface area (Å²) in [6, 6.07) is 6.46. The molecular formula is C17H15ClF3N3O5S. The molecule has 0 aliphatic carbocycles. The molecule has 13 heteroatoms. The summed E-state index contributed by atoms with van der Waals surface area (Å²) in [5.41, 5.74) is -0.250. The van der Waals surface area contributed by atoms with Crippen LogP contribution < -0.4 is 10.0 Å². The zero-order valence-corrected chi connectivity index (χ0v) is 16.9. The highest BCUT2D eigenvalue weighted by Gasteiger charge is 2.31. The van der Waals surface area contributed by atoms with Crippen LogP contribution in [0.3, 0.4) is 0 Å². The van der Waals surface area contributed by atoms with Gasteiger partial charge in [0.1, 0.15) is 6.54 Å². The normalized spacial score (nSPS) is 11.8. The third kappa shape index (κ3) is 6.68. The highest BCUT2D eigenvalue weighted by molar-refractivity contribution is 7.89. The molecular weight excluding hydrogens is 451 g/mol. The lowest BCUT2D eigenvalue weighted by molar-refractivity contribution is -0.146. The Morgan fingerprint density at radius 1 is 1.20 bits per heavy atom. The van der Waals surface area contributed by atoms with Crippen LogP contribution in [0.4, 0.5) is 19.0 Å². The number of pyridine rings is 1. The van der Waals surface area contributed by atoms with E-state index in [9.17, 15) is 31.2 Å². The molecule has 0 atom stereocenters. The molecule has 0 unspecified atom stereocenters. The second-order valence-corrected chi connectivity index (χ2v) is 8.07. The number of carbonyl (C=O) groups excluding carboxylic acids is 2. The maximum Gasteiger partial charge on any atom is 0.417 e. The maximum absolute atomic E-state index is 12.6. The minimum absolute atomic E-state index is 0.0540. The van der Waals surface area contributed by atoms with Gasteiger partial charge in [-0.2, -0.15) is 17.9 Å². The van der Waals surface area contributed by atoms with Crippen molar-refractivity contribution in [3.8, 4) is 0 Å². The van der Waals surface area contributed by atoms with E-state index in [4.69, 9.17) is 11.6 Å². The fraction of sp³-hybridized carbons (Fsp3) is 0.235. The smallest absolute Gasteiger partial charge is 0.417 e. The number of aryl methyl sites for hydroxylation is 1. The molecule has 1 aromatic carbocycles. The van der Waals surface area contributed by atoms with E-state index in [0.29, 0.717) is 12.3 Å². The minimum atomic E-state index is -4.65. The Kier molecular flexibility index (Phi) is 7.39. The molecule has 1 heterocycles. The second-order valence-electron chi connectivity index (χ2n) is 5.90. The van der Waals surface area contributed by atoms with Gasteiger partial charge in [0.15, 0.2) is 12.4 Å². The summed E-state index contributed by atoms with van der Waals surface area (Å²) >= 11 is 5.65. The van der Waals surface area contributed by atoms with Crippen LogP contribution in [-0.2, 0) is 30.5 Å². The van der Waals surface area contributed by atoms with Gasteiger partial charge in [0.05, 0.1) is 15.5 Å². The number of hydrogen-bond donors (Lipinski definition) is 2. The van der Waals surface area contributed by atoms with Crippen molar-refractivity contribution < 1.29 is 35.9 Å². The monoisotopic (exact) mass is 465 g/mol.